The molecule has 1 fully saturated rings. The van der Waals surface area contributed by atoms with Crippen LogP contribution in [0.5, 0.6) is 5.75 Å². The van der Waals surface area contributed by atoms with E-state index in [0.717, 1.165) is 54.1 Å². The normalized spacial score (nSPS) is 18.5. The number of aromatic nitrogens is 2. The summed E-state index contributed by atoms with van der Waals surface area (Å²) < 4.78 is 13.4. The molecule has 1 saturated heterocycles. The van der Waals surface area contributed by atoms with Crippen LogP contribution in [0.3, 0.4) is 0 Å². The van der Waals surface area contributed by atoms with E-state index < -0.39 is 0 Å². The first-order valence-corrected chi connectivity index (χ1v) is 11.4. The van der Waals surface area contributed by atoms with Gasteiger partial charge in [-0.05, 0) is 68.1 Å². The number of nitrogens with zero attached hydrogens (tertiary/aromatic N) is 4. The maximum Gasteiger partial charge on any atom is 0.228 e. The Kier molecular flexibility index (Phi) is 5.81. The predicted molar refractivity (Wildman–Crippen MR) is 123 cm³/mol. The minimum Gasteiger partial charge on any atom is -0.508 e. The van der Waals surface area contributed by atoms with E-state index >= 15 is 0 Å². The number of phenols is 1. The minimum atomic E-state index is -0.292. The molecule has 2 aliphatic rings. The Labute approximate surface area is 192 Å². The van der Waals surface area contributed by atoms with Crippen molar-refractivity contribution in [3.8, 4) is 5.75 Å². The molecule has 0 unspecified atom stereocenters. The van der Waals surface area contributed by atoms with Crippen LogP contribution in [0.25, 0.3) is 0 Å². The average molecular weight is 447 g/mol. The number of benzene rings is 2. The van der Waals surface area contributed by atoms with E-state index in [1.807, 2.05) is 19.1 Å². The standard InChI is InChI=1S/C26H27FN4O2/c1-17-22-12-13-24(33)31(16-19-4-8-20(27)9-5-19)26(22)29-25(28-17)23-3-2-14-30(23)15-18-6-10-21(32)11-7-18/h4-11,23,32H,2-3,12-16H2,1H3/t23-/m0/s1. The molecule has 2 aliphatic heterocycles. The van der Waals surface area contributed by atoms with Crippen LogP contribution >= 0.6 is 0 Å². The lowest BCUT2D eigenvalue weighted by Gasteiger charge is -2.31. The second-order valence-electron chi connectivity index (χ2n) is 8.87. The highest BCUT2D eigenvalue weighted by molar-refractivity contribution is 5.95. The second-order valence-corrected chi connectivity index (χ2v) is 8.87. The van der Waals surface area contributed by atoms with Crippen LogP contribution < -0.4 is 4.90 Å². The second kappa shape index (κ2) is 8.90. The Morgan fingerprint density at radius 1 is 1.00 bits per heavy atom. The van der Waals surface area contributed by atoms with Crippen LogP contribution in [-0.2, 0) is 24.3 Å². The summed E-state index contributed by atoms with van der Waals surface area (Å²) in [4.78, 5) is 26.8. The summed E-state index contributed by atoms with van der Waals surface area (Å²) in [5.41, 5.74) is 3.93. The van der Waals surface area contributed by atoms with Crippen LogP contribution in [-0.4, -0.2) is 32.4 Å². The maximum atomic E-state index is 13.4. The summed E-state index contributed by atoms with van der Waals surface area (Å²) in [6, 6.07) is 13.6. The van der Waals surface area contributed by atoms with Gasteiger partial charge in [-0.25, -0.2) is 14.4 Å². The molecular weight excluding hydrogens is 419 g/mol. The molecule has 3 aromatic rings. The molecule has 1 atom stereocenters. The number of rotatable bonds is 5. The van der Waals surface area contributed by atoms with Crippen LogP contribution in [0.1, 0.15) is 53.5 Å². The first-order valence-electron chi connectivity index (χ1n) is 11.4. The highest BCUT2D eigenvalue weighted by atomic mass is 19.1. The van der Waals surface area contributed by atoms with Crippen molar-refractivity contribution in [2.75, 3.05) is 11.4 Å². The average Bonchev–Trinajstić information content (AvgIpc) is 3.26. The van der Waals surface area contributed by atoms with Gasteiger partial charge in [-0.2, -0.15) is 0 Å². The Morgan fingerprint density at radius 2 is 1.70 bits per heavy atom. The van der Waals surface area contributed by atoms with Gasteiger partial charge in [-0.3, -0.25) is 14.6 Å². The zero-order valence-corrected chi connectivity index (χ0v) is 18.7. The summed E-state index contributed by atoms with van der Waals surface area (Å²) in [6.07, 6.45) is 3.08. The van der Waals surface area contributed by atoms with E-state index in [4.69, 9.17) is 9.97 Å². The molecule has 170 valence electrons. The van der Waals surface area contributed by atoms with Gasteiger partial charge < -0.3 is 5.11 Å². The molecule has 0 saturated carbocycles. The summed E-state index contributed by atoms with van der Waals surface area (Å²) >= 11 is 0. The maximum absolute atomic E-state index is 13.4. The third-order valence-electron chi connectivity index (χ3n) is 6.59. The van der Waals surface area contributed by atoms with Gasteiger partial charge in [0.15, 0.2) is 0 Å². The lowest BCUT2D eigenvalue weighted by atomic mass is 10.0. The van der Waals surface area contributed by atoms with Gasteiger partial charge >= 0.3 is 0 Å². The molecule has 7 heteroatoms. The fourth-order valence-electron chi connectivity index (χ4n) is 4.83. The first-order chi connectivity index (χ1) is 16.0. The smallest absolute Gasteiger partial charge is 0.228 e. The van der Waals surface area contributed by atoms with Crippen molar-refractivity contribution in [2.45, 2.75) is 51.7 Å². The van der Waals surface area contributed by atoms with Crippen molar-refractivity contribution in [1.29, 1.82) is 0 Å². The van der Waals surface area contributed by atoms with E-state index in [1.165, 1.54) is 12.1 Å². The molecule has 33 heavy (non-hydrogen) atoms. The minimum absolute atomic E-state index is 0.0308. The summed E-state index contributed by atoms with van der Waals surface area (Å²) in [5, 5.41) is 9.57. The van der Waals surface area contributed by atoms with E-state index in [0.29, 0.717) is 25.2 Å². The molecule has 6 nitrogen and oxygen atoms in total. The van der Waals surface area contributed by atoms with Gasteiger partial charge in [0.1, 0.15) is 23.2 Å². The zero-order valence-electron chi connectivity index (χ0n) is 18.7. The van der Waals surface area contributed by atoms with Crippen molar-refractivity contribution < 1.29 is 14.3 Å². The number of fused-ring (bicyclic) bond motifs is 1. The van der Waals surface area contributed by atoms with Gasteiger partial charge in [0.2, 0.25) is 5.91 Å². The third-order valence-corrected chi connectivity index (χ3v) is 6.59. The first kappa shape index (κ1) is 21.5. The van der Waals surface area contributed by atoms with E-state index in [1.54, 1.807) is 29.2 Å². The number of hydrogen-bond acceptors (Lipinski definition) is 5. The van der Waals surface area contributed by atoms with Crippen LogP contribution in [0.4, 0.5) is 10.2 Å². The number of aromatic hydroxyl groups is 1. The predicted octanol–water partition coefficient (Wildman–Crippen LogP) is 4.45. The number of likely N-dealkylation sites (tertiary alicyclic amines) is 1. The van der Waals surface area contributed by atoms with Gasteiger partial charge in [0, 0.05) is 24.2 Å². The summed E-state index contributed by atoms with van der Waals surface area (Å²) in [6.45, 7) is 4.06. The Balaban J connectivity index is 1.45. The number of halogens is 1. The molecule has 3 heterocycles. The Morgan fingerprint density at radius 3 is 2.45 bits per heavy atom. The number of aryl methyl sites for hydroxylation is 1. The monoisotopic (exact) mass is 446 g/mol. The van der Waals surface area contributed by atoms with Gasteiger partial charge in [-0.15, -0.1) is 0 Å². The number of phenolic OH excluding ortho intramolecular Hbond substituents is 1. The number of carbonyl (C=O) groups is 1. The molecule has 1 N–H and O–H groups in total. The Hall–Kier alpha value is -3.32. The van der Waals surface area contributed by atoms with Gasteiger partial charge in [0.25, 0.3) is 0 Å². The molecule has 1 amide bonds. The number of anilines is 1. The molecule has 5 rings (SSSR count). The number of hydrogen-bond donors (Lipinski definition) is 1. The third kappa shape index (κ3) is 4.46. The number of carbonyl (C=O) groups excluding carboxylic acids is 1. The highest BCUT2D eigenvalue weighted by Crippen LogP contribution is 2.35. The van der Waals surface area contributed by atoms with Gasteiger partial charge in [-0.1, -0.05) is 24.3 Å². The van der Waals surface area contributed by atoms with Crippen molar-refractivity contribution in [3.63, 3.8) is 0 Å². The fourth-order valence-corrected chi connectivity index (χ4v) is 4.83. The molecule has 1 aromatic heterocycles. The Bertz CT molecular complexity index is 1160. The molecule has 0 aliphatic carbocycles. The molecular formula is C26H27FN4O2. The van der Waals surface area contributed by atoms with Gasteiger partial charge in [0.05, 0.1) is 12.6 Å². The summed E-state index contributed by atoms with van der Waals surface area (Å²) in [7, 11) is 0. The highest BCUT2D eigenvalue weighted by Gasteiger charge is 2.33. The summed E-state index contributed by atoms with van der Waals surface area (Å²) in [5.74, 6) is 1.44. The molecule has 2 aromatic carbocycles. The van der Waals surface area contributed by atoms with Crippen LogP contribution in [0.2, 0.25) is 0 Å². The van der Waals surface area contributed by atoms with E-state index in [-0.39, 0.29) is 23.5 Å². The quantitative estimate of drug-likeness (QED) is 0.627. The zero-order chi connectivity index (χ0) is 22.9. The SMILES string of the molecule is Cc1nc([C@@H]2CCCN2Cc2ccc(O)cc2)nc2c1CCC(=O)N2Cc1ccc(F)cc1. The van der Waals surface area contributed by atoms with Crippen molar-refractivity contribution in [3.05, 3.63) is 82.6 Å². The topological polar surface area (TPSA) is 69.6 Å². The lowest BCUT2D eigenvalue weighted by Crippen LogP contribution is -2.37. The van der Waals surface area contributed by atoms with E-state index in [2.05, 4.69) is 4.90 Å². The van der Waals surface area contributed by atoms with Crippen molar-refractivity contribution >= 4 is 11.7 Å². The van der Waals surface area contributed by atoms with Crippen LogP contribution in [0, 0.1) is 12.7 Å². The van der Waals surface area contributed by atoms with Crippen LogP contribution in [0.15, 0.2) is 48.5 Å². The largest absolute Gasteiger partial charge is 0.508 e. The van der Waals surface area contributed by atoms with Crippen molar-refractivity contribution in [1.82, 2.24) is 14.9 Å². The van der Waals surface area contributed by atoms with E-state index in [9.17, 15) is 14.3 Å². The molecule has 0 radical (unpaired) electrons. The number of amides is 1. The lowest BCUT2D eigenvalue weighted by molar-refractivity contribution is -0.119. The fraction of sp³-hybridized carbons (Fsp3) is 0.346. The van der Waals surface area contributed by atoms with Crippen molar-refractivity contribution in [2.24, 2.45) is 0 Å². The molecule has 0 bridgehead atoms. The molecule has 0 spiro atoms.